The summed E-state index contributed by atoms with van der Waals surface area (Å²) < 4.78 is 0. The van der Waals surface area contributed by atoms with Gasteiger partial charge >= 0.3 is 0 Å². The maximum atomic E-state index is 8.82. The van der Waals surface area contributed by atoms with Crippen LogP contribution in [0.3, 0.4) is 0 Å². The molecular formula is C11H15NO. The zero-order valence-corrected chi connectivity index (χ0v) is 7.88. The average molecular weight is 177 g/mol. The molecule has 0 saturated carbocycles. The van der Waals surface area contributed by atoms with Crippen LogP contribution in [0.15, 0.2) is 36.6 Å². The van der Waals surface area contributed by atoms with Crippen molar-refractivity contribution in [2.24, 2.45) is 0 Å². The van der Waals surface area contributed by atoms with Crippen LogP contribution in [0.2, 0.25) is 0 Å². The Bertz CT molecular complexity index is 277. The predicted octanol–water partition coefficient (Wildman–Crippen LogP) is 2.16. The summed E-state index contributed by atoms with van der Waals surface area (Å²) in [5.41, 5.74) is 2.47. The molecule has 0 atom stereocenters. The van der Waals surface area contributed by atoms with Crippen LogP contribution in [0.5, 0.6) is 0 Å². The topological polar surface area (TPSA) is 32.3 Å². The van der Waals surface area contributed by atoms with Crippen molar-refractivity contribution in [2.45, 2.75) is 13.5 Å². The van der Waals surface area contributed by atoms with Crippen LogP contribution >= 0.6 is 0 Å². The quantitative estimate of drug-likeness (QED) is 0.691. The lowest BCUT2D eigenvalue weighted by atomic mass is 10.1. The molecule has 0 spiro atoms. The Morgan fingerprint density at radius 3 is 2.54 bits per heavy atom. The zero-order valence-electron chi connectivity index (χ0n) is 7.88. The Hall–Kier alpha value is -1.28. The SMILES string of the molecule is C=C(O)CNCc1ccc(C)cc1. The van der Waals surface area contributed by atoms with E-state index in [4.69, 9.17) is 5.11 Å². The molecule has 2 N–H and O–H groups in total. The number of aryl methyl sites for hydroxylation is 1. The molecule has 0 heterocycles. The van der Waals surface area contributed by atoms with Crippen LogP contribution < -0.4 is 5.32 Å². The molecule has 0 amide bonds. The lowest BCUT2D eigenvalue weighted by Gasteiger charge is -2.03. The molecule has 2 nitrogen and oxygen atoms in total. The van der Waals surface area contributed by atoms with E-state index in [0.717, 1.165) is 6.54 Å². The number of hydrogen-bond donors (Lipinski definition) is 2. The molecule has 1 aromatic rings. The molecule has 1 rings (SSSR count). The second-order valence-electron chi connectivity index (χ2n) is 3.16. The summed E-state index contributed by atoms with van der Waals surface area (Å²) in [6, 6.07) is 8.29. The fraction of sp³-hybridized carbons (Fsp3) is 0.273. The number of nitrogens with one attached hydrogen (secondary N) is 1. The summed E-state index contributed by atoms with van der Waals surface area (Å²) in [5.74, 6) is 0.173. The second kappa shape index (κ2) is 4.67. The molecule has 13 heavy (non-hydrogen) atoms. The van der Waals surface area contributed by atoms with E-state index in [0.29, 0.717) is 6.54 Å². The van der Waals surface area contributed by atoms with E-state index in [1.54, 1.807) is 0 Å². The number of benzene rings is 1. The molecular weight excluding hydrogens is 162 g/mol. The van der Waals surface area contributed by atoms with Crippen molar-refractivity contribution in [2.75, 3.05) is 6.54 Å². The van der Waals surface area contributed by atoms with Crippen molar-refractivity contribution in [1.29, 1.82) is 0 Å². The van der Waals surface area contributed by atoms with Gasteiger partial charge in [0.1, 0.15) is 0 Å². The van der Waals surface area contributed by atoms with Gasteiger partial charge in [-0.1, -0.05) is 36.4 Å². The fourth-order valence-electron chi connectivity index (χ4n) is 1.06. The Kier molecular flexibility index (Phi) is 3.53. The van der Waals surface area contributed by atoms with E-state index in [-0.39, 0.29) is 5.76 Å². The maximum absolute atomic E-state index is 8.82. The molecule has 0 fully saturated rings. The molecule has 0 aliphatic heterocycles. The van der Waals surface area contributed by atoms with Crippen LogP contribution in [0, 0.1) is 6.92 Å². The highest BCUT2D eigenvalue weighted by atomic mass is 16.3. The molecule has 0 bridgehead atoms. The highest BCUT2D eigenvalue weighted by Gasteiger charge is 1.92. The number of aliphatic hydroxyl groups excluding tert-OH is 1. The van der Waals surface area contributed by atoms with Crippen molar-refractivity contribution >= 4 is 0 Å². The lowest BCUT2D eigenvalue weighted by Crippen LogP contribution is -2.15. The summed E-state index contributed by atoms with van der Waals surface area (Å²) in [4.78, 5) is 0. The molecule has 0 saturated heterocycles. The molecule has 0 aromatic heterocycles. The largest absolute Gasteiger partial charge is 0.512 e. The smallest absolute Gasteiger partial charge is 0.0989 e. The van der Waals surface area contributed by atoms with Gasteiger partial charge in [-0.3, -0.25) is 0 Å². The summed E-state index contributed by atoms with van der Waals surface area (Å²) in [6.07, 6.45) is 0. The third kappa shape index (κ3) is 3.76. The van der Waals surface area contributed by atoms with Gasteiger partial charge in [0.25, 0.3) is 0 Å². The first-order chi connectivity index (χ1) is 6.18. The summed E-state index contributed by atoms with van der Waals surface area (Å²) >= 11 is 0. The van der Waals surface area contributed by atoms with Gasteiger partial charge in [-0.15, -0.1) is 0 Å². The minimum atomic E-state index is 0.173. The second-order valence-corrected chi connectivity index (χ2v) is 3.16. The molecule has 1 aromatic carbocycles. The van der Waals surface area contributed by atoms with Crippen LogP contribution in [-0.2, 0) is 6.54 Å². The van der Waals surface area contributed by atoms with Crippen LogP contribution in [-0.4, -0.2) is 11.7 Å². The third-order valence-electron chi connectivity index (χ3n) is 1.78. The monoisotopic (exact) mass is 177 g/mol. The van der Waals surface area contributed by atoms with Crippen molar-refractivity contribution in [3.05, 3.63) is 47.7 Å². The number of hydrogen-bond acceptors (Lipinski definition) is 2. The normalized spacial score (nSPS) is 9.92. The molecule has 0 radical (unpaired) electrons. The van der Waals surface area contributed by atoms with Gasteiger partial charge in [0.2, 0.25) is 0 Å². The Morgan fingerprint density at radius 2 is 2.00 bits per heavy atom. The molecule has 0 aliphatic carbocycles. The van der Waals surface area contributed by atoms with Gasteiger partial charge in [0.15, 0.2) is 0 Å². The van der Waals surface area contributed by atoms with E-state index in [1.807, 2.05) is 0 Å². The van der Waals surface area contributed by atoms with Gasteiger partial charge < -0.3 is 10.4 Å². The minimum Gasteiger partial charge on any atom is -0.512 e. The van der Waals surface area contributed by atoms with E-state index < -0.39 is 0 Å². The van der Waals surface area contributed by atoms with E-state index in [9.17, 15) is 0 Å². The third-order valence-corrected chi connectivity index (χ3v) is 1.78. The van der Waals surface area contributed by atoms with E-state index in [2.05, 4.69) is 43.1 Å². The maximum Gasteiger partial charge on any atom is 0.0989 e. The standard InChI is InChI=1S/C11H15NO/c1-9-3-5-11(6-4-9)8-12-7-10(2)13/h3-6,12-13H,2,7-8H2,1H3. The van der Waals surface area contributed by atoms with Crippen LogP contribution in [0.1, 0.15) is 11.1 Å². The van der Waals surface area contributed by atoms with Crippen LogP contribution in [0.25, 0.3) is 0 Å². The first kappa shape index (κ1) is 9.81. The zero-order chi connectivity index (χ0) is 9.68. The molecule has 0 unspecified atom stereocenters. The minimum absolute atomic E-state index is 0.173. The number of aliphatic hydroxyl groups is 1. The van der Waals surface area contributed by atoms with Crippen LogP contribution in [0.4, 0.5) is 0 Å². The van der Waals surface area contributed by atoms with E-state index >= 15 is 0 Å². The Labute approximate surface area is 78.9 Å². The number of rotatable bonds is 4. The highest BCUT2D eigenvalue weighted by Crippen LogP contribution is 2.02. The van der Waals surface area contributed by atoms with Gasteiger partial charge in [-0.05, 0) is 12.5 Å². The predicted molar refractivity (Wildman–Crippen MR) is 54.7 cm³/mol. The van der Waals surface area contributed by atoms with Crippen molar-refractivity contribution in [1.82, 2.24) is 5.32 Å². The summed E-state index contributed by atoms with van der Waals surface area (Å²) in [6.45, 7) is 6.67. The highest BCUT2D eigenvalue weighted by molar-refractivity contribution is 5.21. The van der Waals surface area contributed by atoms with Gasteiger partial charge in [0, 0.05) is 6.54 Å². The fourth-order valence-corrected chi connectivity index (χ4v) is 1.06. The average Bonchev–Trinajstić information content (AvgIpc) is 2.08. The first-order valence-corrected chi connectivity index (χ1v) is 4.31. The first-order valence-electron chi connectivity index (χ1n) is 4.31. The van der Waals surface area contributed by atoms with Crippen molar-refractivity contribution < 1.29 is 5.11 Å². The van der Waals surface area contributed by atoms with Crippen molar-refractivity contribution in [3.63, 3.8) is 0 Å². The van der Waals surface area contributed by atoms with Crippen molar-refractivity contribution in [3.8, 4) is 0 Å². The van der Waals surface area contributed by atoms with Gasteiger partial charge in [-0.25, -0.2) is 0 Å². The lowest BCUT2D eigenvalue weighted by molar-refractivity contribution is 0.391. The van der Waals surface area contributed by atoms with E-state index in [1.165, 1.54) is 11.1 Å². The summed E-state index contributed by atoms with van der Waals surface area (Å²) in [5, 5.41) is 11.9. The van der Waals surface area contributed by atoms with Gasteiger partial charge in [0.05, 0.1) is 12.3 Å². The molecule has 70 valence electrons. The Balaban J connectivity index is 2.37. The van der Waals surface area contributed by atoms with Gasteiger partial charge in [-0.2, -0.15) is 0 Å². The molecule has 2 heteroatoms. The molecule has 0 aliphatic rings. The Morgan fingerprint density at radius 1 is 1.38 bits per heavy atom. The summed E-state index contributed by atoms with van der Waals surface area (Å²) in [7, 11) is 0.